The number of carboxylic acid groups (broad SMARTS) is 1. The Hall–Kier alpha value is -1.40. The van der Waals surface area contributed by atoms with Gasteiger partial charge in [0.05, 0.1) is 4.90 Å². The van der Waals surface area contributed by atoms with E-state index >= 15 is 0 Å². The van der Waals surface area contributed by atoms with Crippen molar-refractivity contribution in [1.29, 1.82) is 0 Å². The summed E-state index contributed by atoms with van der Waals surface area (Å²) in [6, 6.07) is 5.79. The molecule has 0 radical (unpaired) electrons. The van der Waals surface area contributed by atoms with Crippen LogP contribution in [-0.2, 0) is 21.2 Å². The van der Waals surface area contributed by atoms with Gasteiger partial charge in [-0.1, -0.05) is 25.5 Å². The normalized spacial score (nSPS) is 20.1. The molecule has 0 amide bonds. The van der Waals surface area contributed by atoms with Crippen LogP contribution in [0.25, 0.3) is 0 Å². The summed E-state index contributed by atoms with van der Waals surface area (Å²) < 4.78 is 26.1. The zero-order chi connectivity index (χ0) is 14.8. The Morgan fingerprint density at radius 2 is 2.00 bits per heavy atom. The molecule has 1 aromatic rings. The van der Waals surface area contributed by atoms with E-state index in [1.165, 1.54) is 0 Å². The Kier molecular flexibility index (Phi) is 4.45. The van der Waals surface area contributed by atoms with Crippen LogP contribution in [0.2, 0.25) is 0 Å². The molecule has 1 aliphatic heterocycles. The Labute approximate surface area is 119 Å². The summed E-state index contributed by atoms with van der Waals surface area (Å²) >= 11 is 0. The molecule has 6 heteroatoms. The molecule has 1 heterocycles. The van der Waals surface area contributed by atoms with Gasteiger partial charge >= 0.3 is 5.97 Å². The van der Waals surface area contributed by atoms with Gasteiger partial charge in [-0.25, -0.2) is 8.42 Å². The van der Waals surface area contributed by atoms with Gasteiger partial charge in [0.1, 0.15) is 6.04 Å². The van der Waals surface area contributed by atoms with Crippen LogP contribution >= 0.6 is 0 Å². The maximum atomic E-state index is 12.5. The minimum absolute atomic E-state index is 0.172. The molecule has 1 fully saturated rings. The highest BCUT2D eigenvalue weighted by molar-refractivity contribution is 7.89. The van der Waals surface area contributed by atoms with Gasteiger partial charge < -0.3 is 5.11 Å². The smallest absolute Gasteiger partial charge is 0.322 e. The molecule has 1 atom stereocenters. The molecule has 20 heavy (non-hydrogen) atoms. The molecule has 1 aliphatic rings. The fraction of sp³-hybridized carbons (Fsp3) is 0.500. The van der Waals surface area contributed by atoms with Gasteiger partial charge in [0.15, 0.2) is 0 Å². The molecule has 1 aromatic carbocycles. The number of aliphatic carboxylic acids is 1. The van der Waals surface area contributed by atoms with E-state index in [-0.39, 0.29) is 11.4 Å². The lowest BCUT2D eigenvalue weighted by atomic mass is 10.1. The van der Waals surface area contributed by atoms with Crippen molar-refractivity contribution >= 4 is 16.0 Å². The van der Waals surface area contributed by atoms with Gasteiger partial charge in [0, 0.05) is 6.54 Å². The Morgan fingerprint density at radius 3 is 2.55 bits per heavy atom. The summed E-state index contributed by atoms with van der Waals surface area (Å²) in [7, 11) is -3.71. The lowest BCUT2D eigenvalue weighted by Crippen LogP contribution is -2.40. The number of carbonyl (C=O) groups is 1. The monoisotopic (exact) mass is 297 g/mol. The highest BCUT2D eigenvalue weighted by Gasteiger charge is 2.39. The number of nitrogens with zero attached hydrogens (tertiary/aromatic N) is 1. The maximum absolute atomic E-state index is 12.5. The predicted octanol–water partition coefficient (Wildman–Crippen LogP) is 1.88. The predicted molar refractivity (Wildman–Crippen MR) is 75.0 cm³/mol. The van der Waals surface area contributed by atoms with Crippen LogP contribution in [-0.4, -0.2) is 36.4 Å². The van der Waals surface area contributed by atoms with Crippen LogP contribution < -0.4 is 0 Å². The average Bonchev–Trinajstić information content (AvgIpc) is 2.90. The second-order valence-corrected chi connectivity index (χ2v) is 6.90. The molecular weight excluding hydrogens is 278 g/mol. The van der Waals surface area contributed by atoms with Crippen molar-refractivity contribution in [2.24, 2.45) is 0 Å². The number of rotatable bonds is 5. The second-order valence-electron chi connectivity index (χ2n) is 5.01. The number of hydrogen-bond donors (Lipinski definition) is 1. The number of aryl methyl sites for hydroxylation is 1. The molecule has 0 aliphatic carbocycles. The first-order valence-corrected chi connectivity index (χ1v) is 8.24. The van der Waals surface area contributed by atoms with E-state index in [1.807, 2.05) is 0 Å². The number of sulfonamides is 1. The van der Waals surface area contributed by atoms with E-state index in [2.05, 4.69) is 6.92 Å². The van der Waals surface area contributed by atoms with Gasteiger partial charge in [0.2, 0.25) is 10.0 Å². The van der Waals surface area contributed by atoms with Crippen LogP contribution in [0.15, 0.2) is 29.2 Å². The first-order valence-electron chi connectivity index (χ1n) is 6.80. The van der Waals surface area contributed by atoms with Gasteiger partial charge in [0.25, 0.3) is 0 Å². The van der Waals surface area contributed by atoms with E-state index in [4.69, 9.17) is 5.11 Å². The molecule has 2 rings (SSSR count). The van der Waals surface area contributed by atoms with Crippen molar-refractivity contribution < 1.29 is 18.3 Å². The summed E-state index contributed by atoms with van der Waals surface area (Å²) in [4.78, 5) is 11.3. The minimum Gasteiger partial charge on any atom is -0.480 e. The summed E-state index contributed by atoms with van der Waals surface area (Å²) in [5.41, 5.74) is 1.09. The van der Waals surface area contributed by atoms with Crippen LogP contribution in [0.4, 0.5) is 0 Å². The first kappa shape index (κ1) is 15.0. The van der Waals surface area contributed by atoms with Gasteiger partial charge in [-0.05, 0) is 37.0 Å². The Bertz CT molecular complexity index is 580. The topological polar surface area (TPSA) is 74.7 Å². The Morgan fingerprint density at radius 1 is 1.35 bits per heavy atom. The average molecular weight is 297 g/mol. The molecule has 110 valence electrons. The van der Waals surface area contributed by atoms with Crippen molar-refractivity contribution in [2.45, 2.75) is 43.5 Å². The lowest BCUT2D eigenvalue weighted by Gasteiger charge is -2.21. The quantitative estimate of drug-likeness (QED) is 0.900. The fourth-order valence-electron chi connectivity index (χ4n) is 2.53. The first-order chi connectivity index (χ1) is 9.46. The van der Waals surface area contributed by atoms with E-state index in [0.29, 0.717) is 12.8 Å². The van der Waals surface area contributed by atoms with E-state index in [1.54, 1.807) is 24.3 Å². The molecule has 0 bridgehead atoms. The van der Waals surface area contributed by atoms with E-state index in [0.717, 1.165) is 22.7 Å². The zero-order valence-electron chi connectivity index (χ0n) is 11.4. The molecule has 0 saturated carbocycles. The molecule has 1 N–H and O–H groups in total. The van der Waals surface area contributed by atoms with Gasteiger partial charge in [-0.15, -0.1) is 0 Å². The van der Waals surface area contributed by atoms with Crippen LogP contribution in [0.5, 0.6) is 0 Å². The van der Waals surface area contributed by atoms with Gasteiger partial charge in [-0.3, -0.25) is 4.79 Å². The zero-order valence-corrected chi connectivity index (χ0v) is 12.3. The number of carboxylic acids is 1. The second kappa shape index (κ2) is 5.93. The van der Waals surface area contributed by atoms with Crippen LogP contribution in [0, 0.1) is 0 Å². The largest absolute Gasteiger partial charge is 0.480 e. The SMILES string of the molecule is CCCc1ccc(S(=O)(=O)N2CCCC2C(=O)O)cc1. The highest BCUT2D eigenvalue weighted by Crippen LogP contribution is 2.26. The molecule has 0 spiro atoms. The van der Waals surface area contributed by atoms with Crippen molar-refractivity contribution in [2.75, 3.05) is 6.54 Å². The van der Waals surface area contributed by atoms with Crippen molar-refractivity contribution in [1.82, 2.24) is 4.31 Å². The molecule has 5 nitrogen and oxygen atoms in total. The molecule has 1 unspecified atom stereocenters. The van der Waals surface area contributed by atoms with E-state index < -0.39 is 22.0 Å². The molecule has 0 aromatic heterocycles. The minimum atomic E-state index is -3.71. The van der Waals surface area contributed by atoms with Gasteiger partial charge in [-0.2, -0.15) is 4.31 Å². The van der Waals surface area contributed by atoms with Crippen molar-refractivity contribution in [3.05, 3.63) is 29.8 Å². The van der Waals surface area contributed by atoms with Crippen LogP contribution in [0.1, 0.15) is 31.7 Å². The fourth-order valence-corrected chi connectivity index (χ4v) is 4.18. The van der Waals surface area contributed by atoms with E-state index in [9.17, 15) is 13.2 Å². The Balaban J connectivity index is 2.27. The third-order valence-electron chi connectivity index (χ3n) is 3.56. The number of hydrogen-bond acceptors (Lipinski definition) is 3. The highest BCUT2D eigenvalue weighted by atomic mass is 32.2. The summed E-state index contributed by atoms with van der Waals surface area (Å²) in [6.45, 7) is 2.34. The molecule has 1 saturated heterocycles. The summed E-state index contributed by atoms with van der Waals surface area (Å²) in [5.74, 6) is -1.08. The summed E-state index contributed by atoms with van der Waals surface area (Å²) in [6.07, 6.45) is 2.87. The standard InChI is InChI=1S/C14H19NO4S/c1-2-4-11-6-8-12(9-7-11)20(18,19)15-10-3-5-13(15)14(16)17/h6-9,13H,2-5,10H2,1H3,(H,16,17). The van der Waals surface area contributed by atoms with Crippen molar-refractivity contribution in [3.63, 3.8) is 0 Å². The molecular formula is C14H19NO4S. The summed E-state index contributed by atoms with van der Waals surface area (Å²) in [5, 5.41) is 9.10. The third-order valence-corrected chi connectivity index (χ3v) is 5.48. The van der Waals surface area contributed by atoms with Crippen molar-refractivity contribution in [3.8, 4) is 0 Å². The van der Waals surface area contributed by atoms with Crippen LogP contribution in [0.3, 0.4) is 0 Å². The number of benzene rings is 1. The lowest BCUT2D eigenvalue weighted by molar-refractivity contribution is -0.140. The third kappa shape index (κ3) is 2.86. The maximum Gasteiger partial charge on any atom is 0.322 e.